The van der Waals surface area contributed by atoms with Crippen LogP contribution in [0, 0.1) is 45.2 Å². The number of carbonyl (C=O) groups excluding carboxylic acids is 5. The maximum Gasteiger partial charge on any atom is 0 e. The molecule has 17 nitrogen and oxygen atoms in total. The van der Waals surface area contributed by atoms with Crippen LogP contribution in [0.15, 0.2) is 77.2 Å². The minimum absolute atomic E-state index is 0. The number of carbonyl (C=O) groups is 5. The topological polar surface area (TPSA) is 227 Å². The van der Waals surface area contributed by atoms with Gasteiger partial charge in [0.1, 0.15) is 23.1 Å². The Kier molecular flexibility index (Phi) is 27.4. The van der Waals surface area contributed by atoms with E-state index in [1.54, 1.807) is 38.1 Å². The number of aromatic amines is 2. The number of ether oxygens (including phenoxy) is 1. The van der Waals surface area contributed by atoms with E-state index in [2.05, 4.69) is 88.6 Å². The number of likely N-dealkylation sites (N-methyl/N-ethyl adjacent to an activating group) is 2. The number of fused-ring (bicyclic) bond motifs is 2. The summed E-state index contributed by atoms with van der Waals surface area (Å²) in [7, 11) is 4.40. The molecular formula is C67H84BF2N9O8Y-. The molecule has 21 heteroatoms. The predicted octanol–water partition coefficient (Wildman–Crippen LogP) is 13.1. The molecular weight excluding hydrogens is 1200 g/mol. The fourth-order valence-electron chi connectivity index (χ4n) is 11.3. The Morgan fingerprint density at radius 3 is 1.82 bits per heavy atom. The summed E-state index contributed by atoms with van der Waals surface area (Å²) >= 11 is 0. The number of nitrogens with one attached hydrogen (secondary N) is 4. The van der Waals surface area contributed by atoms with Gasteiger partial charge in [0.25, 0.3) is 17.7 Å². The molecule has 6 N–H and O–H groups in total. The Bertz CT molecular complexity index is 3470. The van der Waals surface area contributed by atoms with Gasteiger partial charge < -0.3 is 50.4 Å². The minimum atomic E-state index is -0.846. The summed E-state index contributed by atoms with van der Waals surface area (Å²) in [5.74, 6) is -2.32. The molecule has 0 spiro atoms. The number of phenols is 1. The van der Waals surface area contributed by atoms with Crippen molar-refractivity contribution >= 4 is 72.0 Å². The number of aliphatic hydroxyl groups is 1. The van der Waals surface area contributed by atoms with E-state index >= 15 is 0 Å². The van der Waals surface area contributed by atoms with E-state index in [0.717, 1.165) is 86.4 Å². The van der Waals surface area contributed by atoms with Crippen LogP contribution in [0.25, 0.3) is 28.6 Å². The summed E-state index contributed by atoms with van der Waals surface area (Å²) in [4.78, 5) is 81.6. The molecule has 2 aromatic heterocycles. The molecule has 4 heterocycles. The van der Waals surface area contributed by atoms with E-state index < -0.39 is 23.6 Å². The summed E-state index contributed by atoms with van der Waals surface area (Å²) in [5, 5.41) is 28.9. The molecule has 8 rings (SSSR count). The number of imide groups is 1. The van der Waals surface area contributed by atoms with Gasteiger partial charge in [-0.15, -0.1) is 6.54 Å². The first kappa shape index (κ1) is 71.8. The van der Waals surface area contributed by atoms with Crippen LogP contribution in [-0.2, 0) is 48.7 Å². The van der Waals surface area contributed by atoms with Crippen LogP contribution in [-0.4, -0.2) is 131 Å². The van der Waals surface area contributed by atoms with E-state index in [1.807, 2.05) is 40.7 Å². The number of aliphatic hydroxyl groups excluding tert-OH is 1. The number of phenolic OH excluding ortho intramolecular Hbond substituents is 1. The van der Waals surface area contributed by atoms with Crippen LogP contribution in [0.5, 0.6) is 11.5 Å². The van der Waals surface area contributed by atoms with E-state index in [0.29, 0.717) is 87.1 Å². The van der Waals surface area contributed by atoms with Gasteiger partial charge >= 0.3 is 30.5 Å². The van der Waals surface area contributed by atoms with Crippen LogP contribution in [0.1, 0.15) is 163 Å². The van der Waals surface area contributed by atoms with E-state index in [4.69, 9.17) is 9.84 Å². The number of hydrogen-bond donors (Lipinski definition) is 6. The zero-order chi connectivity index (χ0) is 63.8. The summed E-state index contributed by atoms with van der Waals surface area (Å²) in [6, 6.07) is 11.9. The number of rotatable bonds is 22. The standard InChI is InChI=1S/C44H55FN4O5.C22H27FN4O2.CH3BNO.Y/c1-9-12-13-14-30-22-38(50)41(34-21-27(6)15-17-32(34)26(4)5)39(23-30)54-44(53)49(20-19-48(10-2)11-3)43(52)40-28(7)37(46-29(40)8)25-35-33-24-31(45)16-18-36(33)47-42(35)51;1-5-27(6-2)10-9-24-22(29)20-13(3)19(25-14(20)4)12-17-16-11-15(23)7-8-18(16)26-21(17)28;2-3-1-4;/h16,18,21-25,32,34,46,50H,4,9-15,17,19-20H2,1-3,5-8H3,(H,47,51);7-8,11-12H,5-6,9-10H2,1-4H3,(H3,24,25,26,28,29);4H,1H2;/p-1/b35-25-;;;. The smallest absolute Gasteiger partial charge is 0 e. The van der Waals surface area contributed by atoms with Crippen molar-refractivity contribution < 1.29 is 80.4 Å². The second kappa shape index (κ2) is 33.6. The van der Waals surface area contributed by atoms with Gasteiger partial charge in [-0.25, -0.2) is 18.5 Å². The van der Waals surface area contributed by atoms with Crippen molar-refractivity contribution in [2.45, 2.75) is 121 Å². The number of amides is 5. The summed E-state index contributed by atoms with van der Waals surface area (Å²) in [6.45, 7) is 30.4. The monoisotopic (exact) mass is 1280 g/mol. The zero-order valence-corrected chi connectivity index (χ0v) is 55.6. The SMILES string of the molecule is C=C(C)C1CCC(C)=CC1c1c(O)cc(CCCCC)cc1OC(=O)N(CCN(CC)CC)C(=O)c1c(C)[nH]c(/C=C2\C(=O)Nc3ccc(F)cc32)c1C.CCN(CC)CC[N-]C(=O)c1c(C)[nH]c(/C=C2\C(=O)Nc3ccc(F)cc32)c1C.[B]=NCO.[Y]. The molecule has 0 saturated carbocycles. The number of hydrogen-bond acceptors (Lipinski definition) is 11. The van der Waals surface area contributed by atoms with Crippen LogP contribution in [0.2, 0.25) is 0 Å². The number of unbranched alkanes of at least 4 members (excludes halogenated alkanes) is 2. The Hall–Kier alpha value is -6.96. The molecule has 2 atom stereocenters. The van der Waals surface area contributed by atoms with Crippen molar-refractivity contribution in [3.8, 4) is 11.5 Å². The van der Waals surface area contributed by atoms with E-state index in [-0.39, 0.29) is 98.2 Å². The number of anilines is 2. The summed E-state index contributed by atoms with van der Waals surface area (Å²) < 4.78 is 34.1. The van der Waals surface area contributed by atoms with Gasteiger partial charge in [0, 0.05) is 108 Å². The third-order valence-corrected chi connectivity index (χ3v) is 16.3. The molecule has 466 valence electrons. The van der Waals surface area contributed by atoms with Crippen molar-refractivity contribution in [1.82, 2.24) is 24.7 Å². The molecule has 3 aliphatic rings. The normalized spacial score (nSPS) is 15.7. The molecule has 2 radical (unpaired) electrons. The molecule has 0 bridgehead atoms. The number of halogens is 2. The second-order valence-electron chi connectivity index (χ2n) is 22.1. The second-order valence-corrected chi connectivity index (χ2v) is 22.1. The van der Waals surface area contributed by atoms with Gasteiger partial charge in [-0.2, -0.15) is 0 Å². The molecule has 1 aliphatic carbocycles. The molecule has 0 saturated heterocycles. The van der Waals surface area contributed by atoms with Gasteiger partial charge in [0.05, 0.1) is 22.6 Å². The Balaban J connectivity index is 0.000000348. The molecule has 2 aliphatic heterocycles. The van der Waals surface area contributed by atoms with E-state index in [9.17, 15) is 37.9 Å². The molecule has 2 unspecified atom stereocenters. The Morgan fingerprint density at radius 2 is 1.31 bits per heavy atom. The zero-order valence-electron chi connectivity index (χ0n) is 52.8. The van der Waals surface area contributed by atoms with Gasteiger partial charge in [-0.05, 0) is 183 Å². The summed E-state index contributed by atoms with van der Waals surface area (Å²) in [5.41, 5.74) is 10.6. The van der Waals surface area contributed by atoms with Gasteiger partial charge in [-0.3, -0.25) is 14.4 Å². The van der Waals surface area contributed by atoms with Gasteiger partial charge in [0.2, 0.25) is 0 Å². The van der Waals surface area contributed by atoms with Crippen LogP contribution in [0.4, 0.5) is 25.0 Å². The summed E-state index contributed by atoms with van der Waals surface area (Å²) in [6.07, 6.45) is 10.0. The van der Waals surface area contributed by atoms with Crippen LogP contribution < -0.4 is 15.4 Å². The largest absolute Gasteiger partial charge is 0 e. The minimum Gasteiger partial charge on any atom is 0 e. The molecule has 5 aromatic rings. The van der Waals surface area contributed by atoms with E-state index in [1.165, 1.54) is 35.9 Å². The molecule has 88 heavy (non-hydrogen) atoms. The average molecular weight is 1280 g/mol. The molecule has 0 fully saturated rings. The van der Waals surface area contributed by atoms with Crippen molar-refractivity contribution in [3.63, 3.8) is 0 Å². The molecule has 3 aromatic carbocycles. The predicted molar refractivity (Wildman–Crippen MR) is 342 cm³/mol. The number of aromatic hydroxyl groups is 1. The number of H-pyrrole nitrogens is 2. The third-order valence-electron chi connectivity index (χ3n) is 16.3. The number of aryl methyl sites for hydroxylation is 3. The number of benzene rings is 3. The number of aromatic nitrogens is 2. The quantitative estimate of drug-likeness (QED) is 0.0166. The van der Waals surface area contributed by atoms with Crippen LogP contribution >= 0.6 is 0 Å². The number of nitrogens with zero attached hydrogens (tertiary/aromatic N) is 5. The fourth-order valence-corrected chi connectivity index (χ4v) is 11.3. The first-order chi connectivity index (χ1) is 41.5. The van der Waals surface area contributed by atoms with Gasteiger partial charge in [-0.1, -0.05) is 71.3 Å². The van der Waals surface area contributed by atoms with Crippen LogP contribution in [0.3, 0.4) is 0 Å². The van der Waals surface area contributed by atoms with Crippen molar-refractivity contribution in [2.75, 3.05) is 69.7 Å². The first-order valence-corrected chi connectivity index (χ1v) is 29.9. The Morgan fingerprint density at radius 1 is 0.784 bits per heavy atom. The maximum atomic E-state index is 14.6. The first-order valence-electron chi connectivity index (χ1n) is 29.9. The third kappa shape index (κ3) is 17.7. The fraction of sp³-hybridized carbons (Fsp3) is 0.418. The number of allylic oxidation sites excluding steroid dienone is 3. The van der Waals surface area contributed by atoms with Crippen molar-refractivity contribution in [3.05, 3.63) is 157 Å². The molecule has 5 amide bonds. The Labute approximate surface area is 542 Å². The maximum absolute atomic E-state index is 14.6. The van der Waals surface area contributed by atoms with Crippen molar-refractivity contribution in [2.24, 2.45) is 10.8 Å². The van der Waals surface area contributed by atoms with Crippen molar-refractivity contribution in [1.29, 1.82) is 0 Å². The average Bonchev–Trinajstić information content (AvgIpc) is 1.58. The van der Waals surface area contributed by atoms with Gasteiger partial charge in [0.15, 0.2) is 0 Å².